The van der Waals surface area contributed by atoms with E-state index < -0.39 is 26.8 Å². The predicted octanol–water partition coefficient (Wildman–Crippen LogP) is 5.43. The molecule has 0 saturated carbocycles. The highest BCUT2D eigenvalue weighted by Crippen LogP contribution is 2.45. The Morgan fingerprint density at radius 3 is 2.53 bits per heavy atom. The smallest absolute Gasteiger partial charge is 0.417 e. The third-order valence-electron chi connectivity index (χ3n) is 4.58. The normalized spacial score (nSPS) is 12.2. The van der Waals surface area contributed by atoms with Gasteiger partial charge in [0.2, 0.25) is 0 Å². The zero-order valence-electron chi connectivity index (χ0n) is 16.2. The molecule has 0 aliphatic rings. The van der Waals surface area contributed by atoms with E-state index in [4.69, 9.17) is 20.9 Å². The van der Waals surface area contributed by atoms with Gasteiger partial charge in [-0.1, -0.05) is 22.8 Å². The molecule has 0 unspecified atom stereocenters. The molecule has 0 spiro atoms. The van der Waals surface area contributed by atoms with Crippen molar-refractivity contribution in [2.45, 2.75) is 11.1 Å². The van der Waals surface area contributed by atoms with Crippen molar-refractivity contribution in [3.8, 4) is 5.75 Å². The Morgan fingerprint density at radius 2 is 1.88 bits per heavy atom. The molecule has 32 heavy (non-hydrogen) atoms. The second kappa shape index (κ2) is 7.99. The van der Waals surface area contributed by atoms with Gasteiger partial charge in [-0.3, -0.25) is 4.98 Å². The van der Waals surface area contributed by atoms with Crippen LogP contribution in [0.25, 0.3) is 10.8 Å². The second-order valence-corrected chi connectivity index (χ2v) is 8.71. The van der Waals surface area contributed by atoms with Crippen LogP contribution in [0.15, 0.2) is 70.5 Å². The van der Waals surface area contributed by atoms with Gasteiger partial charge in [-0.2, -0.15) is 13.2 Å². The summed E-state index contributed by atoms with van der Waals surface area (Å²) >= 11 is 5.87. The van der Waals surface area contributed by atoms with E-state index in [0.717, 1.165) is 19.4 Å². The molecule has 0 aliphatic carbocycles. The summed E-state index contributed by atoms with van der Waals surface area (Å²) in [7, 11) is -3.28. The Bertz CT molecular complexity index is 1390. The van der Waals surface area contributed by atoms with Gasteiger partial charge in [-0.25, -0.2) is 12.7 Å². The molecular formula is C20H13ClF3N3O4S. The zero-order valence-corrected chi connectivity index (χ0v) is 17.7. The van der Waals surface area contributed by atoms with Crippen LogP contribution in [0, 0.1) is 0 Å². The van der Waals surface area contributed by atoms with Gasteiger partial charge in [0.15, 0.2) is 5.82 Å². The fourth-order valence-electron chi connectivity index (χ4n) is 3.10. The highest BCUT2D eigenvalue weighted by Gasteiger charge is 2.37. The lowest BCUT2D eigenvalue weighted by Crippen LogP contribution is -2.27. The van der Waals surface area contributed by atoms with Crippen molar-refractivity contribution >= 4 is 43.9 Å². The molecule has 0 N–H and O–H groups in total. The minimum absolute atomic E-state index is 0.141. The molecule has 2 heterocycles. The van der Waals surface area contributed by atoms with Gasteiger partial charge < -0.3 is 9.26 Å². The monoisotopic (exact) mass is 483 g/mol. The third kappa shape index (κ3) is 3.84. The van der Waals surface area contributed by atoms with Crippen LogP contribution in [-0.2, 0) is 16.2 Å². The summed E-state index contributed by atoms with van der Waals surface area (Å²) in [4.78, 5) is 3.84. The first-order chi connectivity index (χ1) is 15.1. The number of benzene rings is 2. The van der Waals surface area contributed by atoms with Crippen LogP contribution in [0.3, 0.4) is 0 Å². The van der Waals surface area contributed by atoms with E-state index in [2.05, 4.69) is 10.1 Å². The number of fused-ring (bicyclic) bond motifs is 1. The Balaban J connectivity index is 1.95. The maximum Gasteiger partial charge on any atom is 0.417 e. The number of hydrogen-bond donors (Lipinski definition) is 0. The van der Waals surface area contributed by atoms with E-state index >= 15 is 0 Å². The highest BCUT2D eigenvalue weighted by molar-refractivity contribution is 7.93. The quantitative estimate of drug-likeness (QED) is 0.376. The number of sulfonamides is 1. The summed E-state index contributed by atoms with van der Waals surface area (Å²) in [5, 5.41) is 4.26. The molecule has 0 amide bonds. The van der Waals surface area contributed by atoms with Crippen LogP contribution in [0.1, 0.15) is 5.56 Å². The number of hydrogen-bond acceptors (Lipinski definition) is 6. The molecule has 0 bridgehead atoms. The van der Waals surface area contributed by atoms with E-state index in [1.165, 1.54) is 24.4 Å². The number of methoxy groups -OCH3 is 1. The summed E-state index contributed by atoms with van der Waals surface area (Å²) in [5.74, 6) is -0.577. The van der Waals surface area contributed by atoms with E-state index in [0.29, 0.717) is 21.1 Å². The summed E-state index contributed by atoms with van der Waals surface area (Å²) in [6, 6.07) is 8.69. The molecule has 2 aromatic carbocycles. The van der Waals surface area contributed by atoms with Gasteiger partial charge in [0.05, 0.1) is 22.6 Å². The fourth-order valence-corrected chi connectivity index (χ4v) is 4.83. The summed E-state index contributed by atoms with van der Waals surface area (Å²) in [5.41, 5.74) is -1.44. The van der Waals surface area contributed by atoms with Gasteiger partial charge in [0.25, 0.3) is 10.0 Å². The fraction of sp³-hybridized carbons (Fsp3) is 0.100. The number of rotatable bonds is 5. The molecule has 4 rings (SSSR count). The summed E-state index contributed by atoms with van der Waals surface area (Å²) < 4.78 is 77.8. The van der Waals surface area contributed by atoms with Crippen LogP contribution < -0.4 is 9.04 Å². The van der Waals surface area contributed by atoms with E-state index in [1.54, 1.807) is 18.3 Å². The van der Waals surface area contributed by atoms with Crippen LogP contribution >= 0.6 is 11.6 Å². The van der Waals surface area contributed by atoms with Crippen LogP contribution in [0.5, 0.6) is 5.75 Å². The van der Waals surface area contributed by atoms with Crippen LogP contribution in [0.4, 0.5) is 24.7 Å². The third-order valence-corrected chi connectivity index (χ3v) is 6.60. The Kier molecular flexibility index (Phi) is 5.47. The zero-order chi connectivity index (χ0) is 23.1. The first-order valence-electron chi connectivity index (χ1n) is 8.87. The van der Waals surface area contributed by atoms with Gasteiger partial charge in [0.1, 0.15) is 17.7 Å². The highest BCUT2D eigenvalue weighted by atomic mass is 35.5. The molecule has 12 heteroatoms. The van der Waals surface area contributed by atoms with Crippen molar-refractivity contribution in [3.05, 3.63) is 71.7 Å². The van der Waals surface area contributed by atoms with Crippen LogP contribution in [0.2, 0.25) is 5.02 Å². The molecule has 0 fully saturated rings. The van der Waals surface area contributed by atoms with E-state index in [-0.39, 0.29) is 22.2 Å². The van der Waals surface area contributed by atoms with Crippen molar-refractivity contribution in [2.75, 3.05) is 11.4 Å². The predicted molar refractivity (Wildman–Crippen MR) is 111 cm³/mol. The van der Waals surface area contributed by atoms with Crippen molar-refractivity contribution in [2.24, 2.45) is 0 Å². The molecule has 2 aromatic heterocycles. The number of aromatic nitrogens is 2. The van der Waals surface area contributed by atoms with Gasteiger partial charge in [0, 0.05) is 23.8 Å². The first-order valence-corrected chi connectivity index (χ1v) is 10.7. The number of pyridine rings is 1. The molecule has 0 saturated heterocycles. The molecular weight excluding hydrogens is 471 g/mol. The Morgan fingerprint density at radius 1 is 1.09 bits per heavy atom. The van der Waals surface area contributed by atoms with Gasteiger partial charge >= 0.3 is 6.18 Å². The first kappa shape index (κ1) is 21.9. The Hall–Kier alpha value is -3.31. The SMILES string of the molecule is COc1cc(C(F)(F)F)c(Cl)cc1N(c1ccon1)S(=O)(=O)c1ccc2cnccc2c1. The average Bonchev–Trinajstić information content (AvgIpc) is 3.26. The van der Waals surface area contributed by atoms with Crippen LogP contribution in [-0.4, -0.2) is 25.7 Å². The Labute approximate surface area is 185 Å². The van der Waals surface area contributed by atoms with E-state index in [9.17, 15) is 21.6 Å². The molecule has 0 atom stereocenters. The van der Waals surface area contributed by atoms with Crippen molar-refractivity contribution in [1.29, 1.82) is 0 Å². The standard InChI is InChI=1S/C20H13ClF3N3O4S/c1-30-18-9-15(20(22,23)24)16(21)10-17(18)27(19-5-7-31-26-19)32(28,29)14-3-2-13-11-25-6-4-12(13)8-14/h2-11H,1H3. The average molecular weight is 484 g/mol. The number of halogens is 4. The van der Waals surface area contributed by atoms with Gasteiger partial charge in [-0.05, 0) is 35.7 Å². The maximum atomic E-state index is 13.6. The topological polar surface area (TPSA) is 85.5 Å². The number of nitrogens with zero attached hydrogens (tertiary/aromatic N) is 3. The molecule has 0 aliphatic heterocycles. The number of ether oxygens (including phenoxy) is 1. The lowest BCUT2D eigenvalue weighted by atomic mass is 10.1. The molecule has 7 nitrogen and oxygen atoms in total. The molecule has 4 aromatic rings. The number of alkyl halides is 3. The van der Waals surface area contributed by atoms with E-state index in [1.807, 2.05) is 0 Å². The van der Waals surface area contributed by atoms with Crippen molar-refractivity contribution in [3.63, 3.8) is 0 Å². The second-order valence-electron chi connectivity index (χ2n) is 6.51. The van der Waals surface area contributed by atoms with Crippen molar-refractivity contribution in [1.82, 2.24) is 10.1 Å². The molecule has 0 radical (unpaired) electrons. The lowest BCUT2D eigenvalue weighted by molar-refractivity contribution is -0.137. The lowest BCUT2D eigenvalue weighted by Gasteiger charge is -2.25. The van der Waals surface area contributed by atoms with Gasteiger partial charge in [-0.15, -0.1) is 0 Å². The summed E-state index contributed by atoms with van der Waals surface area (Å²) in [6.45, 7) is 0. The van der Waals surface area contributed by atoms with Crippen molar-refractivity contribution < 1.29 is 30.8 Å². The number of anilines is 2. The summed E-state index contributed by atoms with van der Waals surface area (Å²) in [6.07, 6.45) is -0.568. The largest absolute Gasteiger partial charge is 0.495 e. The minimum Gasteiger partial charge on any atom is -0.495 e. The molecule has 166 valence electrons. The maximum absolute atomic E-state index is 13.6. The minimum atomic E-state index is -4.77.